The zero-order valence-electron chi connectivity index (χ0n) is 19.2. The largest absolute Gasteiger partial charge is 0.497 e. The smallest absolute Gasteiger partial charge is 0.184 e. The quantitative estimate of drug-likeness (QED) is 0.256. The number of rotatable bonds is 3. The van der Waals surface area contributed by atoms with Gasteiger partial charge in [-0.2, -0.15) is 5.10 Å². The fraction of sp³-hybridized carbons (Fsp3) is 0.0357. The van der Waals surface area contributed by atoms with Crippen LogP contribution in [0.2, 0.25) is 0 Å². The van der Waals surface area contributed by atoms with E-state index < -0.39 is 0 Å². The van der Waals surface area contributed by atoms with Gasteiger partial charge in [0.2, 0.25) is 0 Å². The van der Waals surface area contributed by atoms with E-state index >= 15 is 0 Å². The number of ether oxygens (including phenoxy) is 1. The Balaban J connectivity index is 1.58. The SMILES string of the molecule is COc1ccc(-c2c3c(-c4ccccc4)[nH]nc3nc3nc4c(c(N)c23)Nc2ccccc2S4)cc1. The number of aromatic nitrogens is 4. The van der Waals surface area contributed by atoms with Crippen molar-refractivity contribution in [2.24, 2.45) is 0 Å². The second-order valence-electron chi connectivity index (χ2n) is 8.51. The van der Waals surface area contributed by atoms with Gasteiger partial charge in [-0.15, -0.1) is 0 Å². The second-order valence-corrected chi connectivity index (χ2v) is 9.54. The van der Waals surface area contributed by atoms with Crippen molar-refractivity contribution in [2.75, 3.05) is 18.2 Å². The fourth-order valence-electron chi connectivity index (χ4n) is 4.72. The summed E-state index contributed by atoms with van der Waals surface area (Å²) in [5, 5.41) is 13.8. The summed E-state index contributed by atoms with van der Waals surface area (Å²) in [6.45, 7) is 0. The summed E-state index contributed by atoms with van der Waals surface area (Å²) in [7, 11) is 1.66. The summed E-state index contributed by atoms with van der Waals surface area (Å²) in [6.07, 6.45) is 0. The highest BCUT2D eigenvalue weighted by atomic mass is 32.2. The number of nitrogens with one attached hydrogen (secondary N) is 2. The molecule has 8 heteroatoms. The third-order valence-corrected chi connectivity index (χ3v) is 7.50. The molecule has 0 spiro atoms. The van der Waals surface area contributed by atoms with E-state index in [0.717, 1.165) is 60.2 Å². The van der Waals surface area contributed by atoms with Gasteiger partial charge in [-0.25, -0.2) is 9.97 Å². The molecule has 0 amide bonds. The summed E-state index contributed by atoms with van der Waals surface area (Å²) < 4.78 is 5.41. The van der Waals surface area contributed by atoms with Crippen LogP contribution >= 0.6 is 11.8 Å². The van der Waals surface area contributed by atoms with Crippen molar-refractivity contribution in [3.05, 3.63) is 78.9 Å². The molecule has 4 N–H and O–H groups in total. The van der Waals surface area contributed by atoms with E-state index in [2.05, 4.69) is 33.7 Å². The number of para-hydroxylation sites is 1. The Morgan fingerprint density at radius 3 is 2.39 bits per heavy atom. The molecule has 7 rings (SSSR count). The Kier molecular flexibility index (Phi) is 4.62. The maximum atomic E-state index is 6.93. The van der Waals surface area contributed by atoms with Crippen LogP contribution in [0.1, 0.15) is 0 Å². The number of fused-ring (bicyclic) bond motifs is 4. The zero-order valence-corrected chi connectivity index (χ0v) is 20.1. The number of hydrogen-bond donors (Lipinski definition) is 3. The number of nitrogens with two attached hydrogens (primary N) is 1. The number of nitrogen functional groups attached to an aromatic ring is 1. The lowest BCUT2D eigenvalue weighted by Gasteiger charge is -2.23. The highest BCUT2D eigenvalue weighted by Crippen LogP contribution is 2.50. The van der Waals surface area contributed by atoms with E-state index in [0.29, 0.717) is 17.0 Å². The number of benzene rings is 3. The van der Waals surface area contributed by atoms with E-state index in [4.69, 9.17) is 20.4 Å². The van der Waals surface area contributed by atoms with Crippen LogP contribution in [0.5, 0.6) is 5.75 Å². The topological polar surface area (TPSA) is 102 Å². The number of hydrogen-bond acceptors (Lipinski definition) is 7. The molecule has 0 fully saturated rings. The average molecular weight is 489 g/mol. The van der Waals surface area contributed by atoms with Crippen molar-refractivity contribution < 1.29 is 4.74 Å². The minimum absolute atomic E-state index is 0.560. The molecule has 6 aromatic rings. The molecule has 7 nitrogen and oxygen atoms in total. The van der Waals surface area contributed by atoms with Gasteiger partial charge in [0.25, 0.3) is 0 Å². The van der Waals surface area contributed by atoms with Gasteiger partial charge in [-0.05, 0) is 29.8 Å². The van der Waals surface area contributed by atoms with Crippen LogP contribution in [-0.4, -0.2) is 27.3 Å². The van der Waals surface area contributed by atoms with Crippen molar-refractivity contribution in [3.8, 4) is 28.1 Å². The zero-order chi connectivity index (χ0) is 24.2. The molecular weight excluding hydrogens is 468 g/mol. The van der Waals surface area contributed by atoms with Gasteiger partial charge in [-0.1, -0.05) is 66.4 Å². The predicted molar refractivity (Wildman–Crippen MR) is 145 cm³/mol. The summed E-state index contributed by atoms with van der Waals surface area (Å²) in [6, 6.07) is 26.2. The molecule has 3 aromatic carbocycles. The van der Waals surface area contributed by atoms with Gasteiger partial charge in [0.15, 0.2) is 11.3 Å². The number of methoxy groups -OCH3 is 1. The van der Waals surface area contributed by atoms with Crippen LogP contribution in [0.3, 0.4) is 0 Å². The van der Waals surface area contributed by atoms with Gasteiger partial charge >= 0.3 is 0 Å². The van der Waals surface area contributed by atoms with Gasteiger partial charge in [0.05, 0.1) is 40.6 Å². The first-order chi connectivity index (χ1) is 17.7. The first-order valence-electron chi connectivity index (χ1n) is 11.5. The van der Waals surface area contributed by atoms with E-state index in [1.165, 1.54) is 0 Å². The van der Waals surface area contributed by atoms with Crippen LogP contribution in [0.25, 0.3) is 44.5 Å². The highest BCUT2D eigenvalue weighted by Gasteiger charge is 2.26. The van der Waals surface area contributed by atoms with Crippen LogP contribution in [0.4, 0.5) is 17.1 Å². The molecule has 4 heterocycles. The summed E-state index contributed by atoms with van der Waals surface area (Å²) in [5.74, 6) is 0.780. The summed E-state index contributed by atoms with van der Waals surface area (Å²) in [5.41, 5.74) is 14.3. The van der Waals surface area contributed by atoms with Crippen molar-refractivity contribution in [3.63, 3.8) is 0 Å². The minimum atomic E-state index is 0.560. The fourth-order valence-corrected chi connectivity index (χ4v) is 5.70. The standard InChI is InChI=1S/C28H20N6OS/c1-35-17-13-11-15(12-14-17)20-21-23(29)25-28(36-19-10-6-5-9-18(19)30-25)32-26(21)31-27-22(20)24(33-34-27)16-7-3-2-4-8-16/h2-14,30H,1H3,(H3,29,31,32,33,34). The van der Waals surface area contributed by atoms with Gasteiger partial charge in [-0.3, -0.25) is 5.10 Å². The van der Waals surface area contributed by atoms with Crippen LogP contribution in [-0.2, 0) is 0 Å². The molecule has 0 unspecified atom stereocenters. The van der Waals surface area contributed by atoms with E-state index in [1.807, 2.05) is 60.7 Å². The second kappa shape index (κ2) is 8.00. The van der Waals surface area contributed by atoms with Crippen molar-refractivity contribution in [1.82, 2.24) is 20.2 Å². The number of anilines is 3. The van der Waals surface area contributed by atoms with E-state index in [-0.39, 0.29) is 0 Å². The summed E-state index contributed by atoms with van der Waals surface area (Å²) >= 11 is 1.59. The Hall–Kier alpha value is -4.56. The molecule has 0 atom stereocenters. The lowest BCUT2D eigenvalue weighted by molar-refractivity contribution is 0.415. The molecule has 174 valence electrons. The van der Waals surface area contributed by atoms with E-state index in [9.17, 15) is 0 Å². The Bertz CT molecular complexity index is 1780. The molecule has 0 saturated carbocycles. The molecule has 0 saturated heterocycles. The molecule has 0 radical (unpaired) electrons. The molecule has 1 aliphatic rings. The maximum Gasteiger partial charge on any atom is 0.184 e. The Morgan fingerprint density at radius 2 is 1.58 bits per heavy atom. The molecular formula is C28H20N6OS. The normalized spacial score (nSPS) is 12.2. The van der Waals surface area contributed by atoms with Crippen molar-refractivity contribution in [1.29, 1.82) is 0 Å². The number of nitrogens with zero attached hydrogens (tertiary/aromatic N) is 3. The Morgan fingerprint density at radius 1 is 0.806 bits per heavy atom. The minimum Gasteiger partial charge on any atom is -0.497 e. The number of aromatic amines is 1. The first-order valence-corrected chi connectivity index (χ1v) is 12.3. The molecule has 3 aromatic heterocycles. The molecule has 0 aliphatic carbocycles. The summed E-state index contributed by atoms with van der Waals surface area (Å²) in [4.78, 5) is 10.9. The van der Waals surface area contributed by atoms with Gasteiger partial charge in [0, 0.05) is 16.0 Å². The lowest BCUT2D eigenvalue weighted by atomic mass is 9.95. The lowest BCUT2D eigenvalue weighted by Crippen LogP contribution is -2.07. The Labute approximate surface area is 210 Å². The van der Waals surface area contributed by atoms with E-state index in [1.54, 1.807) is 18.9 Å². The van der Waals surface area contributed by atoms with Gasteiger partial charge in [0.1, 0.15) is 10.8 Å². The average Bonchev–Trinajstić information content (AvgIpc) is 3.35. The number of pyridine rings is 2. The third kappa shape index (κ3) is 3.11. The number of H-pyrrole nitrogens is 1. The van der Waals surface area contributed by atoms with Crippen molar-refractivity contribution in [2.45, 2.75) is 9.92 Å². The first kappa shape index (κ1) is 20.8. The highest BCUT2D eigenvalue weighted by molar-refractivity contribution is 7.99. The monoisotopic (exact) mass is 488 g/mol. The maximum absolute atomic E-state index is 6.93. The third-order valence-electron chi connectivity index (χ3n) is 6.44. The molecule has 0 bridgehead atoms. The van der Waals surface area contributed by atoms with Crippen LogP contribution in [0.15, 0.2) is 88.8 Å². The van der Waals surface area contributed by atoms with Crippen LogP contribution < -0.4 is 15.8 Å². The molecule has 36 heavy (non-hydrogen) atoms. The molecule has 1 aliphatic heterocycles. The van der Waals surface area contributed by atoms with Gasteiger partial charge < -0.3 is 15.8 Å². The van der Waals surface area contributed by atoms with Crippen molar-refractivity contribution >= 4 is 50.9 Å². The predicted octanol–water partition coefficient (Wildman–Crippen LogP) is 6.64. The van der Waals surface area contributed by atoms with Crippen LogP contribution in [0, 0.1) is 0 Å².